The molecule has 0 aliphatic carbocycles. The van der Waals surface area contributed by atoms with E-state index in [1.54, 1.807) is 0 Å². The van der Waals surface area contributed by atoms with E-state index in [1.807, 2.05) is 0 Å². The third-order valence-electron chi connectivity index (χ3n) is 2.40. The van der Waals surface area contributed by atoms with Crippen LogP contribution in [-0.4, -0.2) is 16.0 Å². The van der Waals surface area contributed by atoms with Crippen molar-refractivity contribution in [1.29, 1.82) is 0 Å². The molecule has 2 rings (SSSR count). The largest absolute Gasteiger partial charge is 0.503 e. The summed E-state index contributed by atoms with van der Waals surface area (Å²) in [6.07, 6.45) is 0. The molecule has 5 nitrogen and oxygen atoms in total. The second-order valence-electron chi connectivity index (χ2n) is 3.79. The number of phenols is 1. The predicted molar refractivity (Wildman–Crippen MR) is 70.7 cm³/mol. The smallest absolute Gasteiger partial charge is 0.272 e. The Morgan fingerprint density at radius 1 is 1.25 bits per heavy atom. The first-order valence-corrected chi connectivity index (χ1v) is 6.06. The van der Waals surface area contributed by atoms with Crippen LogP contribution in [0.3, 0.4) is 0 Å². The van der Waals surface area contributed by atoms with E-state index in [9.17, 15) is 18.4 Å². The molecule has 8 heteroatoms. The van der Waals surface area contributed by atoms with Crippen LogP contribution in [-0.2, 0) is 0 Å². The van der Waals surface area contributed by atoms with Crippen molar-refractivity contribution in [3.63, 3.8) is 0 Å². The monoisotopic (exact) mass is 344 g/mol. The van der Waals surface area contributed by atoms with Crippen LogP contribution in [0.25, 0.3) is 0 Å². The van der Waals surface area contributed by atoms with Crippen LogP contribution >= 0.6 is 15.9 Å². The van der Waals surface area contributed by atoms with Gasteiger partial charge in [-0.15, -0.1) is 0 Å². The van der Waals surface area contributed by atoms with E-state index in [-0.39, 0.29) is 11.3 Å². The molecule has 1 heterocycles. The Kier molecular flexibility index (Phi) is 3.84. The number of halogens is 3. The summed E-state index contributed by atoms with van der Waals surface area (Å²) in [5.41, 5.74) is -1.01. The Hall–Kier alpha value is -2.22. The fourth-order valence-electron chi connectivity index (χ4n) is 1.44. The van der Waals surface area contributed by atoms with Gasteiger partial charge in [0.1, 0.15) is 5.69 Å². The van der Waals surface area contributed by atoms with E-state index in [2.05, 4.69) is 26.2 Å². The number of aromatic nitrogens is 1. The molecule has 0 aliphatic rings. The quantitative estimate of drug-likeness (QED) is 0.731. The van der Waals surface area contributed by atoms with Crippen LogP contribution in [0.15, 0.2) is 33.7 Å². The maximum absolute atomic E-state index is 13.1. The molecule has 0 atom stereocenters. The highest BCUT2D eigenvalue weighted by Gasteiger charge is 2.15. The van der Waals surface area contributed by atoms with Crippen LogP contribution in [0.5, 0.6) is 5.75 Å². The van der Waals surface area contributed by atoms with Crippen molar-refractivity contribution in [3.05, 3.63) is 56.4 Å². The third kappa shape index (κ3) is 2.85. The highest BCUT2D eigenvalue weighted by atomic mass is 79.9. The summed E-state index contributed by atoms with van der Waals surface area (Å²) in [5, 5.41) is 11.1. The number of pyridine rings is 1. The number of nitrogens with one attached hydrogen (secondary N) is 2. The van der Waals surface area contributed by atoms with Crippen molar-refractivity contribution in [2.24, 2.45) is 0 Å². The number of carbonyl (C=O) groups excluding carboxylic acids is 1. The van der Waals surface area contributed by atoms with Crippen molar-refractivity contribution in [2.75, 3.05) is 5.32 Å². The maximum Gasteiger partial charge on any atom is 0.272 e. The fraction of sp³-hybridized carbons (Fsp3) is 0. The minimum Gasteiger partial charge on any atom is -0.503 e. The van der Waals surface area contributed by atoms with Gasteiger partial charge in [0.2, 0.25) is 0 Å². The molecule has 2 aromatic rings. The van der Waals surface area contributed by atoms with Crippen LogP contribution in [0, 0.1) is 11.6 Å². The molecule has 0 fully saturated rings. The predicted octanol–water partition coefficient (Wildman–Crippen LogP) is 2.37. The van der Waals surface area contributed by atoms with Crippen molar-refractivity contribution >= 4 is 27.5 Å². The molecule has 0 spiro atoms. The zero-order valence-electron chi connectivity index (χ0n) is 9.71. The minimum absolute atomic E-state index is 0.0768. The van der Waals surface area contributed by atoms with Gasteiger partial charge in [-0.1, -0.05) is 0 Å². The SMILES string of the molecule is O=C(Nc1ccc(Br)[nH]c1=O)c1cc(F)c(O)c(F)c1. The van der Waals surface area contributed by atoms with Gasteiger partial charge in [-0.3, -0.25) is 9.59 Å². The van der Waals surface area contributed by atoms with Gasteiger partial charge in [-0.05, 0) is 40.2 Å². The van der Waals surface area contributed by atoms with Gasteiger partial charge in [0.15, 0.2) is 17.4 Å². The lowest BCUT2D eigenvalue weighted by Crippen LogP contribution is -2.20. The van der Waals surface area contributed by atoms with Crippen LogP contribution in [0.1, 0.15) is 10.4 Å². The standard InChI is InChI=1S/C12H7BrF2N2O3/c13-9-2-1-8(12(20)17-9)16-11(19)5-3-6(14)10(18)7(15)4-5/h1-4,18H,(H,16,19)(H,17,20). The van der Waals surface area contributed by atoms with E-state index in [1.165, 1.54) is 12.1 Å². The number of H-pyrrole nitrogens is 1. The highest BCUT2D eigenvalue weighted by molar-refractivity contribution is 9.10. The summed E-state index contributed by atoms with van der Waals surface area (Å²) in [5.74, 6) is -4.57. The molecular formula is C12H7BrF2N2O3. The molecule has 20 heavy (non-hydrogen) atoms. The Morgan fingerprint density at radius 2 is 1.85 bits per heavy atom. The average Bonchev–Trinajstić information content (AvgIpc) is 2.38. The first-order chi connectivity index (χ1) is 9.38. The zero-order chi connectivity index (χ0) is 14.9. The molecule has 0 unspecified atom stereocenters. The van der Waals surface area contributed by atoms with Gasteiger partial charge < -0.3 is 15.4 Å². The highest BCUT2D eigenvalue weighted by Crippen LogP contribution is 2.21. The van der Waals surface area contributed by atoms with Gasteiger partial charge in [-0.2, -0.15) is 0 Å². The minimum atomic E-state index is -1.26. The van der Waals surface area contributed by atoms with E-state index < -0.39 is 28.9 Å². The second kappa shape index (κ2) is 5.41. The Bertz CT molecular complexity index is 723. The summed E-state index contributed by atoms with van der Waals surface area (Å²) in [6, 6.07) is 4.14. The topological polar surface area (TPSA) is 82.2 Å². The first kappa shape index (κ1) is 14.2. The Morgan fingerprint density at radius 3 is 2.40 bits per heavy atom. The van der Waals surface area contributed by atoms with Crippen molar-refractivity contribution in [3.8, 4) is 5.75 Å². The molecule has 0 radical (unpaired) electrons. The van der Waals surface area contributed by atoms with Crippen molar-refractivity contribution in [2.45, 2.75) is 0 Å². The number of benzene rings is 1. The second-order valence-corrected chi connectivity index (χ2v) is 4.65. The lowest BCUT2D eigenvalue weighted by Gasteiger charge is -2.06. The van der Waals surface area contributed by atoms with Crippen LogP contribution in [0.4, 0.5) is 14.5 Å². The molecule has 3 N–H and O–H groups in total. The number of amides is 1. The lowest BCUT2D eigenvalue weighted by atomic mass is 10.2. The summed E-state index contributed by atoms with van der Waals surface area (Å²) >= 11 is 3.04. The van der Waals surface area contributed by atoms with E-state index in [0.717, 1.165) is 0 Å². The molecular weight excluding hydrogens is 338 g/mol. The number of aromatic hydroxyl groups is 1. The number of rotatable bonds is 2. The summed E-state index contributed by atoms with van der Waals surface area (Å²) in [6.45, 7) is 0. The maximum atomic E-state index is 13.1. The van der Waals surface area contributed by atoms with Gasteiger partial charge in [0.05, 0.1) is 4.60 Å². The van der Waals surface area contributed by atoms with Crippen LogP contribution in [0.2, 0.25) is 0 Å². The van der Waals surface area contributed by atoms with Crippen LogP contribution < -0.4 is 10.9 Å². The third-order valence-corrected chi connectivity index (χ3v) is 2.86. The number of hydrogen-bond donors (Lipinski definition) is 3. The zero-order valence-corrected chi connectivity index (χ0v) is 11.3. The molecule has 1 amide bonds. The number of anilines is 1. The van der Waals surface area contributed by atoms with Gasteiger partial charge >= 0.3 is 0 Å². The molecule has 0 saturated carbocycles. The normalized spacial score (nSPS) is 10.3. The molecule has 104 valence electrons. The lowest BCUT2D eigenvalue weighted by molar-refractivity contribution is 0.102. The molecule has 0 saturated heterocycles. The van der Waals surface area contributed by atoms with Crippen molar-refractivity contribution in [1.82, 2.24) is 4.98 Å². The number of hydrogen-bond acceptors (Lipinski definition) is 3. The molecule has 1 aromatic carbocycles. The summed E-state index contributed by atoms with van der Waals surface area (Å²) < 4.78 is 26.7. The Labute approximate surface area is 119 Å². The van der Waals surface area contributed by atoms with E-state index in [0.29, 0.717) is 16.7 Å². The average molecular weight is 345 g/mol. The van der Waals surface area contributed by atoms with Gasteiger partial charge in [0.25, 0.3) is 11.5 Å². The van der Waals surface area contributed by atoms with E-state index >= 15 is 0 Å². The molecule has 1 aromatic heterocycles. The Balaban J connectivity index is 2.31. The first-order valence-electron chi connectivity index (χ1n) is 5.26. The van der Waals surface area contributed by atoms with Gasteiger partial charge in [0, 0.05) is 5.56 Å². The number of phenolic OH excluding ortho intramolecular Hbond substituents is 1. The molecule has 0 aliphatic heterocycles. The van der Waals surface area contributed by atoms with Crippen molar-refractivity contribution < 1.29 is 18.7 Å². The number of aromatic amines is 1. The molecule has 0 bridgehead atoms. The summed E-state index contributed by atoms with van der Waals surface area (Å²) in [4.78, 5) is 25.7. The van der Waals surface area contributed by atoms with E-state index in [4.69, 9.17) is 5.11 Å². The fourth-order valence-corrected chi connectivity index (χ4v) is 1.75. The summed E-state index contributed by atoms with van der Waals surface area (Å²) in [7, 11) is 0. The van der Waals surface area contributed by atoms with Gasteiger partial charge in [-0.25, -0.2) is 8.78 Å². The number of carbonyl (C=O) groups is 1.